The summed E-state index contributed by atoms with van der Waals surface area (Å²) in [5, 5.41) is 4.04. The van der Waals surface area contributed by atoms with Crippen LogP contribution in [-0.2, 0) is 12.6 Å². The van der Waals surface area contributed by atoms with Crippen molar-refractivity contribution in [3.63, 3.8) is 0 Å². The lowest BCUT2D eigenvalue weighted by Crippen LogP contribution is -2.35. The third-order valence-corrected chi connectivity index (χ3v) is 1.76. The van der Waals surface area contributed by atoms with Gasteiger partial charge in [-0.1, -0.05) is 0 Å². The summed E-state index contributed by atoms with van der Waals surface area (Å²) in [5.41, 5.74) is -0.477. The molecule has 5 heteroatoms. The third kappa shape index (κ3) is 1.59. The highest BCUT2D eigenvalue weighted by Gasteiger charge is 2.20. The average molecular weight is 185 g/mol. The number of methoxy groups -OCH3 is 1. The lowest BCUT2D eigenvalue weighted by atomic mass is 10.1. The summed E-state index contributed by atoms with van der Waals surface area (Å²) in [4.78, 5) is 11.6. The van der Waals surface area contributed by atoms with E-state index in [1.165, 1.54) is 16.4 Å². The number of hydrogen-bond donors (Lipinski definition) is 0. The van der Waals surface area contributed by atoms with Crippen LogP contribution in [0.3, 0.4) is 0 Å². The van der Waals surface area contributed by atoms with Crippen LogP contribution >= 0.6 is 0 Å². The highest BCUT2D eigenvalue weighted by molar-refractivity contribution is 4.94. The van der Waals surface area contributed by atoms with Crippen LogP contribution < -0.4 is 10.4 Å². The molecule has 1 aromatic heterocycles. The van der Waals surface area contributed by atoms with Crippen LogP contribution in [0.2, 0.25) is 0 Å². The van der Waals surface area contributed by atoms with Crippen LogP contribution in [0.1, 0.15) is 20.8 Å². The minimum atomic E-state index is -0.314. The van der Waals surface area contributed by atoms with Crippen molar-refractivity contribution in [1.82, 2.24) is 14.3 Å². The molecule has 13 heavy (non-hydrogen) atoms. The van der Waals surface area contributed by atoms with Gasteiger partial charge in [-0.15, -0.1) is 5.10 Å². The smallest absolute Gasteiger partial charge is 0.348 e. The Balaban J connectivity index is 3.34. The Morgan fingerprint density at radius 1 is 1.38 bits per heavy atom. The van der Waals surface area contributed by atoms with Gasteiger partial charge in [0.2, 0.25) is 0 Å². The molecule has 0 amide bonds. The van der Waals surface area contributed by atoms with Crippen LogP contribution in [0.25, 0.3) is 0 Å². The van der Waals surface area contributed by atoms with E-state index in [0.717, 1.165) is 0 Å². The molecular formula is C8H15N3O2. The van der Waals surface area contributed by atoms with Gasteiger partial charge in [-0.05, 0) is 20.8 Å². The van der Waals surface area contributed by atoms with Crippen LogP contribution in [0.5, 0.6) is 6.01 Å². The third-order valence-electron chi connectivity index (χ3n) is 1.76. The first-order chi connectivity index (χ1) is 5.88. The van der Waals surface area contributed by atoms with Gasteiger partial charge in [-0.25, -0.2) is 14.0 Å². The van der Waals surface area contributed by atoms with E-state index in [4.69, 9.17) is 4.74 Å². The zero-order valence-electron chi connectivity index (χ0n) is 8.66. The second-order valence-corrected chi connectivity index (χ2v) is 3.91. The van der Waals surface area contributed by atoms with Crippen molar-refractivity contribution in [2.75, 3.05) is 7.11 Å². The Hall–Kier alpha value is -1.26. The molecule has 1 aromatic rings. The molecule has 0 atom stereocenters. The van der Waals surface area contributed by atoms with E-state index in [9.17, 15) is 4.79 Å². The normalized spacial score (nSPS) is 11.8. The molecule has 0 N–H and O–H groups in total. The minimum absolute atomic E-state index is 0.163. The molecule has 0 bridgehead atoms. The molecule has 0 fully saturated rings. The van der Waals surface area contributed by atoms with Gasteiger partial charge >= 0.3 is 11.7 Å². The standard InChI is InChI=1S/C8H15N3O2/c1-8(2,3)11-7(12)10(4)6(9-11)13-5/h1-5H3. The summed E-state index contributed by atoms with van der Waals surface area (Å²) in [6.45, 7) is 5.75. The van der Waals surface area contributed by atoms with Crippen molar-refractivity contribution in [2.24, 2.45) is 7.05 Å². The summed E-state index contributed by atoms with van der Waals surface area (Å²) in [6, 6.07) is 0.333. The van der Waals surface area contributed by atoms with Gasteiger partial charge in [-0.3, -0.25) is 0 Å². The van der Waals surface area contributed by atoms with Gasteiger partial charge in [0, 0.05) is 7.05 Å². The van der Waals surface area contributed by atoms with E-state index in [1.54, 1.807) is 7.05 Å². The van der Waals surface area contributed by atoms with Crippen molar-refractivity contribution < 1.29 is 4.74 Å². The fraction of sp³-hybridized carbons (Fsp3) is 0.750. The summed E-state index contributed by atoms with van der Waals surface area (Å²) in [5.74, 6) is 0. The Kier molecular flexibility index (Phi) is 2.19. The van der Waals surface area contributed by atoms with Gasteiger partial charge in [0.1, 0.15) is 0 Å². The zero-order chi connectivity index (χ0) is 10.2. The van der Waals surface area contributed by atoms with Gasteiger partial charge in [0.15, 0.2) is 0 Å². The van der Waals surface area contributed by atoms with E-state index in [-0.39, 0.29) is 11.2 Å². The highest BCUT2D eigenvalue weighted by Crippen LogP contribution is 2.11. The van der Waals surface area contributed by atoms with E-state index in [0.29, 0.717) is 6.01 Å². The predicted molar refractivity (Wildman–Crippen MR) is 49.0 cm³/mol. The molecule has 0 saturated carbocycles. The second-order valence-electron chi connectivity index (χ2n) is 3.91. The Morgan fingerprint density at radius 2 is 1.92 bits per heavy atom. The molecule has 0 aromatic carbocycles. The van der Waals surface area contributed by atoms with Gasteiger partial charge in [-0.2, -0.15) is 0 Å². The number of ether oxygens (including phenoxy) is 1. The Bertz CT molecular complexity index is 356. The molecule has 0 aliphatic carbocycles. The first kappa shape index (κ1) is 9.83. The van der Waals surface area contributed by atoms with Crippen molar-refractivity contribution in [2.45, 2.75) is 26.3 Å². The molecular weight excluding hydrogens is 170 g/mol. The summed E-state index contributed by atoms with van der Waals surface area (Å²) < 4.78 is 7.72. The Morgan fingerprint density at radius 3 is 2.15 bits per heavy atom. The first-order valence-electron chi connectivity index (χ1n) is 4.08. The predicted octanol–water partition coefficient (Wildman–Crippen LogP) is 0.345. The number of hydrogen-bond acceptors (Lipinski definition) is 3. The molecule has 0 aliphatic rings. The first-order valence-corrected chi connectivity index (χ1v) is 4.08. The fourth-order valence-corrected chi connectivity index (χ4v) is 1.03. The molecule has 0 saturated heterocycles. The molecule has 1 heterocycles. The molecule has 0 radical (unpaired) electrons. The van der Waals surface area contributed by atoms with Crippen LogP contribution in [0.4, 0.5) is 0 Å². The fourth-order valence-electron chi connectivity index (χ4n) is 1.03. The topological polar surface area (TPSA) is 49.1 Å². The van der Waals surface area contributed by atoms with E-state index >= 15 is 0 Å². The number of rotatable bonds is 1. The van der Waals surface area contributed by atoms with Crippen molar-refractivity contribution in [3.8, 4) is 6.01 Å². The highest BCUT2D eigenvalue weighted by atomic mass is 16.5. The maximum absolute atomic E-state index is 11.6. The summed E-state index contributed by atoms with van der Waals surface area (Å²) >= 11 is 0. The minimum Gasteiger partial charge on any atom is -0.467 e. The summed E-state index contributed by atoms with van der Waals surface area (Å²) in [6.07, 6.45) is 0. The van der Waals surface area contributed by atoms with Crippen molar-refractivity contribution in [3.05, 3.63) is 10.5 Å². The number of aromatic nitrogens is 3. The largest absolute Gasteiger partial charge is 0.467 e. The molecule has 0 aliphatic heterocycles. The van der Waals surface area contributed by atoms with Crippen LogP contribution in [0.15, 0.2) is 4.79 Å². The Labute approximate surface area is 76.9 Å². The SMILES string of the molecule is COc1nn(C(C)(C)C)c(=O)n1C. The molecule has 0 spiro atoms. The maximum Gasteiger partial charge on any atom is 0.348 e. The molecule has 5 nitrogen and oxygen atoms in total. The van der Waals surface area contributed by atoms with Crippen molar-refractivity contribution >= 4 is 0 Å². The van der Waals surface area contributed by atoms with Gasteiger partial charge < -0.3 is 4.74 Å². The zero-order valence-corrected chi connectivity index (χ0v) is 8.66. The monoisotopic (exact) mass is 185 g/mol. The van der Waals surface area contributed by atoms with E-state index in [2.05, 4.69) is 5.10 Å². The lowest BCUT2D eigenvalue weighted by molar-refractivity contribution is 0.322. The van der Waals surface area contributed by atoms with Crippen molar-refractivity contribution in [1.29, 1.82) is 0 Å². The quantitative estimate of drug-likeness (QED) is 0.634. The molecule has 0 unspecified atom stereocenters. The van der Waals surface area contributed by atoms with Crippen LogP contribution in [-0.4, -0.2) is 21.5 Å². The lowest BCUT2D eigenvalue weighted by Gasteiger charge is -2.16. The average Bonchev–Trinajstić information content (AvgIpc) is 2.28. The number of nitrogens with zero attached hydrogens (tertiary/aromatic N) is 3. The maximum atomic E-state index is 11.6. The van der Waals surface area contributed by atoms with E-state index in [1.807, 2.05) is 20.8 Å². The van der Waals surface area contributed by atoms with Gasteiger partial charge in [0.05, 0.1) is 12.6 Å². The molecule has 1 rings (SSSR count). The van der Waals surface area contributed by atoms with Crippen LogP contribution in [0, 0.1) is 0 Å². The van der Waals surface area contributed by atoms with Gasteiger partial charge in [0.25, 0.3) is 0 Å². The second kappa shape index (κ2) is 2.90. The van der Waals surface area contributed by atoms with E-state index < -0.39 is 0 Å². The summed E-state index contributed by atoms with van der Waals surface area (Å²) in [7, 11) is 3.13. The molecule has 74 valence electrons.